The van der Waals surface area contributed by atoms with E-state index >= 15 is 0 Å². The standard InChI is InChI=1S/C11H20N2O2/c1-8(9-2-4-12-6-9)13-11(14)10-3-5-15-7-10/h8-10,12H,2-7H2,1H3,(H,13,14). The summed E-state index contributed by atoms with van der Waals surface area (Å²) in [5.74, 6) is 0.852. The average molecular weight is 212 g/mol. The number of carbonyl (C=O) groups excluding carboxylic acids is 1. The molecule has 2 aliphatic heterocycles. The summed E-state index contributed by atoms with van der Waals surface area (Å²) in [6, 6.07) is 0.285. The summed E-state index contributed by atoms with van der Waals surface area (Å²) < 4.78 is 5.21. The fourth-order valence-corrected chi connectivity index (χ4v) is 2.31. The fourth-order valence-electron chi connectivity index (χ4n) is 2.31. The van der Waals surface area contributed by atoms with Gasteiger partial charge in [0.25, 0.3) is 0 Å². The summed E-state index contributed by atoms with van der Waals surface area (Å²) in [6.07, 6.45) is 2.05. The molecule has 3 atom stereocenters. The first-order valence-electron chi connectivity index (χ1n) is 5.86. The predicted octanol–water partition coefficient (Wildman–Crippen LogP) is 0.137. The Hall–Kier alpha value is -0.610. The third kappa shape index (κ3) is 2.69. The van der Waals surface area contributed by atoms with Crippen molar-refractivity contribution >= 4 is 5.91 Å². The van der Waals surface area contributed by atoms with Crippen LogP contribution < -0.4 is 10.6 Å². The maximum atomic E-state index is 11.8. The second-order valence-corrected chi connectivity index (χ2v) is 4.61. The number of carbonyl (C=O) groups is 1. The van der Waals surface area contributed by atoms with Crippen LogP contribution in [0.5, 0.6) is 0 Å². The largest absolute Gasteiger partial charge is 0.381 e. The van der Waals surface area contributed by atoms with Crippen molar-refractivity contribution in [2.45, 2.75) is 25.8 Å². The Kier molecular flexibility index (Phi) is 3.59. The van der Waals surface area contributed by atoms with Gasteiger partial charge in [0.15, 0.2) is 0 Å². The van der Waals surface area contributed by atoms with Gasteiger partial charge in [-0.05, 0) is 38.8 Å². The Morgan fingerprint density at radius 3 is 3.00 bits per heavy atom. The molecular weight excluding hydrogens is 192 g/mol. The second kappa shape index (κ2) is 4.94. The molecule has 86 valence electrons. The van der Waals surface area contributed by atoms with Gasteiger partial charge >= 0.3 is 0 Å². The van der Waals surface area contributed by atoms with E-state index in [1.165, 1.54) is 6.42 Å². The molecule has 4 nitrogen and oxygen atoms in total. The molecule has 2 N–H and O–H groups in total. The SMILES string of the molecule is CC(NC(=O)C1CCOC1)C1CCNC1. The molecule has 0 aromatic rings. The zero-order valence-electron chi connectivity index (χ0n) is 9.29. The minimum Gasteiger partial charge on any atom is -0.381 e. The van der Waals surface area contributed by atoms with Crippen LogP contribution >= 0.6 is 0 Å². The number of hydrogen-bond donors (Lipinski definition) is 2. The maximum absolute atomic E-state index is 11.8. The van der Waals surface area contributed by atoms with Crippen LogP contribution in [0.4, 0.5) is 0 Å². The number of rotatable bonds is 3. The third-order valence-corrected chi connectivity index (χ3v) is 3.48. The predicted molar refractivity (Wildman–Crippen MR) is 57.5 cm³/mol. The molecule has 2 heterocycles. The van der Waals surface area contributed by atoms with E-state index in [0.29, 0.717) is 12.5 Å². The summed E-state index contributed by atoms with van der Waals surface area (Å²) in [7, 11) is 0. The molecule has 2 saturated heterocycles. The lowest BCUT2D eigenvalue weighted by molar-refractivity contribution is -0.125. The van der Waals surface area contributed by atoms with Gasteiger partial charge in [-0.15, -0.1) is 0 Å². The Bertz CT molecular complexity index is 221. The van der Waals surface area contributed by atoms with Crippen molar-refractivity contribution in [3.63, 3.8) is 0 Å². The lowest BCUT2D eigenvalue weighted by Gasteiger charge is -2.21. The maximum Gasteiger partial charge on any atom is 0.225 e. The van der Waals surface area contributed by atoms with Crippen LogP contribution in [0.15, 0.2) is 0 Å². The van der Waals surface area contributed by atoms with E-state index in [1.807, 2.05) is 0 Å². The van der Waals surface area contributed by atoms with E-state index in [0.717, 1.165) is 26.1 Å². The Labute approximate surface area is 90.8 Å². The molecule has 0 radical (unpaired) electrons. The van der Waals surface area contributed by atoms with Crippen molar-refractivity contribution in [3.05, 3.63) is 0 Å². The Balaban J connectivity index is 1.77. The minimum absolute atomic E-state index is 0.0850. The van der Waals surface area contributed by atoms with Gasteiger partial charge in [0.1, 0.15) is 0 Å². The molecular formula is C11H20N2O2. The van der Waals surface area contributed by atoms with Gasteiger partial charge in [0.2, 0.25) is 5.91 Å². The van der Waals surface area contributed by atoms with Crippen LogP contribution in [-0.4, -0.2) is 38.3 Å². The van der Waals surface area contributed by atoms with Gasteiger partial charge in [-0.3, -0.25) is 4.79 Å². The fraction of sp³-hybridized carbons (Fsp3) is 0.909. The quantitative estimate of drug-likeness (QED) is 0.699. The van der Waals surface area contributed by atoms with E-state index in [-0.39, 0.29) is 17.9 Å². The third-order valence-electron chi connectivity index (χ3n) is 3.48. The lowest BCUT2D eigenvalue weighted by atomic mass is 9.99. The van der Waals surface area contributed by atoms with Crippen molar-refractivity contribution in [3.8, 4) is 0 Å². The first-order chi connectivity index (χ1) is 7.27. The van der Waals surface area contributed by atoms with Gasteiger partial charge in [0, 0.05) is 12.6 Å². The van der Waals surface area contributed by atoms with Gasteiger partial charge < -0.3 is 15.4 Å². The molecule has 2 rings (SSSR count). The van der Waals surface area contributed by atoms with Crippen molar-refractivity contribution in [1.82, 2.24) is 10.6 Å². The molecule has 0 bridgehead atoms. The zero-order valence-corrected chi connectivity index (χ0v) is 9.29. The van der Waals surface area contributed by atoms with Crippen molar-refractivity contribution < 1.29 is 9.53 Å². The van der Waals surface area contributed by atoms with Crippen LogP contribution in [0.25, 0.3) is 0 Å². The zero-order chi connectivity index (χ0) is 10.7. The second-order valence-electron chi connectivity index (χ2n) is 4.61. The van der Waals surface area contributed by atoms with Gasteiger partial charge in [-0.1, -0.05) is 0 Å². The molecule has 0 saturated carbocycles. The van der Waals surface area contributed by atoms with Crippen LogP contribution in [-0.2, 0) is 9.53 Å². The normalized spacial score (nSPS) is 32.9. The molecule has 0 spiro atoms. The number of hydrogen-bond acceptors (Lipinski definition) is 3. The van der Waals surface area contributed by atoms with E-state index in [9.17, 15) is 4.79 Å². The lowest BCUT2D eigenvalue weighted by Crippen LogP contribution is -2.42. The molecule has 0 aromatic carbocycles. The molecule has 2 fully saturated rings. The Morgan fingerprint density at radius 2 is 2.40 bits per heavy atom. The molecule has 2 aliphatic rings. The van der Waals surface area contributed by atoms with E-state index in [2.05, 4.69) is 17.6 Å². The topological polar surface area (TPSA) is 50.4 Å². The van der Waals surface area contributed by atoms with E-state index in [4.69, 9.17) is 4.74 Å². The highest BCUT2D eigenvalue weighted by molar-refractivity contribution is 5.79. The van der Waals surface area contributed by atoms with Gasteiger partial charge in [0.05, 0.1) is 12.5 Å². The van der Waals surface area contributed by atoms with Gasteiger partial charge in [-0.25, -0.2) is 0 Å². The number of amides is 1. The average Bonchev–Trinajstić information content (AvgIpc) is 2.91. The van der Waals surface area contributed by atoms with E-state index < -0.39 is 0 Å². The minimum atomic E-state index is 0.0850. The van der Waals surface area contributed by atoms with Crippen LogP contribution in [0, 0.1) is 11.8 Å². The highest BCUT2D eigenvalue weighted by Gasteiger charge is 2.27. The van der Waals surface area contributed by atoms with Crippen LogP contribution in [0.3, 0.4) is 0 Å². The molecule has 15 heavy (non-hydrogen) atoms. The molecule has 3 unspecified atom stereocenters. The summed E-state index contributed by atoms with van der Waals surface area (Å²) >= 11 is 0. The monoisotopic (exact) mass is 212 g/mol. The molecule has 1 amide bonds. The highest BCUT2D eigenvalue weighted by atomic mass is 16.5. The smallest absolute Gasteiger partial charge is 0.225 e. The first kappa shape index (κ1) is 10.9. The number of nitrogens with one attached hydrogen (secondary N) is 2. The first-order valence-corrected chi connectivity index (χ1v) is 5.86. The van der Waals surface area contributed by atoms with Crippen molar-refractivity contribution in [2.24, 2.45) is 11.8 Å². The summed E-state index contributed by atoms with van der Waals surface area (Å²) in [5, 5.41) is 6.42. The summed E-state index contributed by atoms with van der Waals surface area (Å²) in [6.45, 7) is 5.55. The molecule has 0 aromatic heterocycles. The van der Waals surface area contributed by atoms with E-state index in [1.54, 1.807) is 0 Å². The van der Waals surface area contributed by atoms with Crippen molar-refractivity contribution in [1.29, 1.82) is 0 Å². The van der Waals surface area contributed by atoms with Gasteiger partial charge in [-0.2, -0.15) is 0 Å². The summed E-state index contributed by atoms with van der Waals surface area (Å²) in [4.78, 5) is 11.8. The molecule has 0 aliphatic carbocycles. The van der Waals surface area contributed by atoms with Crippen LogP contribution in [0.2, 0.25) is 0 Å². The summed E-state index contributed by atoms with van der Waals surface area (Å²) in [5.41, 5.74) is 0. The highest BCUT2D eigenvalue weighted by Crippen LogP contribution is 2.16. The molecule has 4 heteroatoms. The van der Waals surface area contributed by atoms with Crippen molar-refractivity contribution in [2.75, 3.05) is 26.3 Å². The number of ether oxygens (including phenoxy) is 1. The Morgan fingerprint density at radius 1 is 1.53 bits per heavy atom. The van der Waals surface area contributed by atoms with Crippen LogP contribution in [0.1, 0.15) is 19.8 Å².